The lowest BCUT2D eigenvalue weighted by Crippen LogP contribution is -2.49. The predicted octanol–water partition coefficient (Wildman–Crippen LogP) is 6.31. The van der Waals surface area contributed by atoms with Crippen molar-refractivity contribution in [3.63, 3.8) is 0 Å². The molecule has 1 aliphatic heterocycles. The fourth-order valence-corrected chi connectivity index (χ4v) is 5.01. The van der Waals surface area contributed by atoms with Crippen molar-refractivity contribution in [3.05, 3.63) is 64.9 Å². The summed E-state index contributed by atoms with van der Waals surface area (Å²) in [6.07, 6.45) is 4.20. The summed E-state index contributed by atoms with van der Waals surface area (Å²) < 4.78 is 35.6. The molecule has 0 spiro atoms. The normalized spacial score (nSPS) is 13.7. The van der Waals surface area contributed by atoms with Crippen molar-refractivity contribution in [2.45, 2.75) is 19.8 Å². The Morgan fingerprint density at radius 2 is 1.92 bits per heavy atom. The molecule has 0 saturated carbocycles. The lowest BCUT2D eigenvalue weighted by molar-refractivity contribution is 0.0990. The molecule has 194 valence electrons. The van der Waals surface area contributed by atoms with E-state index in [9.17, 15) is 14.4 Å². The summed E-state index contributed by atoms with van der Waals surface area (Å²) in [6, 6.07) is 10.1. The van der Waals surface area contributed by atoms with Gasteiger partial charge in [0.05, 0.1) is 22.9 Å². The molecular weight excluding hydrogens is 512 g/mol. The van der Waals surface area contributed by atoms with Gasteiger partial charge in [-0.15, -0.1) is 0 Å². The maximum absolute atomic E-state index is 16.0. The number of benzene rings is 2. The molecule has 0 bridgehead atoms. The number of halogens is 3. The van der Waals surface area contributed by atoms with Gasteiger partial charge in [-0.25, -0.2) is 13.6 Å². The van der Waals surface area contributed by atoms with E-state index in [4.69, 9.17) is 16.3 Å². The van der Waals surface area contributed by atoms with Gasteiger partial charge in [0, 0.05) is 54.9 Å². The SMILES string of the molecule is CCCCOC(=O)N1CCN(c2c(C#N)cnc3c(F)c(-c4cccc5ccc(F)c(Cl)c45)ncc23)CC1. The minimum absolute atomic E-state index is 0.0154. The Morgan fingerprint density at radius 3 is 2.66 bits per heavy atom. The summed E-state index contributed by atoms with van der Waals surface area (Å²) in [7, 11) is 0. The minimum atomic E-state index is -0.695. The van der Waals surface area contributed by atoms with Crippen molar-refractivity contribution < 1.29 is 18.3 Å². The van der Waals surface area contributed by atoms with Crippen LogP contribution in [0.5, 0.6) is 0 Å². The Labute approximate surface area is 223 Å². The van der Waals surface area contributed by atoms with Gasteiger partial charge in [-0.3, -0.25) is 9.97 Å². The second-order valence-electron chi connectivity index (χ2n) is 9.02. The Bertz CT molecular complexity index is 1580. The lowest BCUT2D eigenvalue weighted by atomic mass is 10.00. The number of rotatable bonds is 5. The third-order valence-electron chi connectivity index (χ3n) is 6.71. The summed E-state index contributed by atoms with van der Waals surface area (Å²) in [5, 5.41) is 11.1. The average molecular weight is 536 g/mol. The molecule has 0 N–H and O–H groups in total. The van der Waals surface area contributed by atoms with E-state index in [2.05, 4.69) is 16.0 Å². The van der Waals surface area contributed by atoms with Crippen LogP contribution in [-0.4, -0.2) is 53.7 Å². The Morgan fingerprint density at radius 1 is 1.13 bits per heavy atom. The number of anilines is 1. The number of aromatic nitrogens is 2. The van der Waals surface area contributed by atoms with Crippen LogP contribution in [0.1, 0.15) is 25.3 Å². The largest absolute Gasteiger partial charge is 0.449 e. The molecule has 1 saturated heterocycles. The Kier molecular flexibility index (Phi) is 7.25. The van der Waals surface area contributed by atoms with Gasteiger partial charge in [0.25, 0.3) is 0 Å². The summed E-state index contributed by atoms with van der Waals surface area (Å²) in [5.41, 5.74) is 1.15. The second-order valence-corrected chi connectivity index (χ2v) is 9.40. The zero-order chi connectivity index (χ0) is 26.8. The highest BCUT2D eigenvalue weighted by molar-refractivity contribution is 6.36. The molecule has 2 aromatic carbocycles. The summed E-state index contributed by atoms with van der Waals surface area (Å²) in [5.74, 6) is -1.31. The number of fused-ring (bicyclic) bond motifs is 2. The molecule has 1 amide bonds. The summed E-state index contributed by atoms with van der Waals surface area (Å²) in [4.78, 5) is 24.5. The fourth-order valence-electron chi connectivity index (χ4n) is 4.74. The molecular formula is C28H24ClF2N5O2. The number of unbranched alkanes of at least 4 members (excludes halogenated alkanes) is 1. The molecule has 10 heteroatoms. The number of nitriles is 1. The van der Waals surface area contributed by atoms with Crippen molar-refractivity contribution in [1.82, 2.24) is 14.9 Å². The van der Waals surface area contributed by atoms with Gasteiger partial charge in [-0.1, -0.05) is 49.2 Å². The molecule has 7 nitrogen and oxygen atoms in total. The number of hydrogen-bond donors (Lipinski definition) is 0. The van der Waals surface area contributed by atoms with Crippen LogP contribution in [0.15, 0.2) is 42.7 Å². The molecule has 0 aliphatic carbocycles. The number of carbonyl (C=O) groups excluding carboxylic acids is 1. The van der Waals surface area contributed by atoms with Crippen LogP contribution in [0.4, 0.5) is 19.3 Å². The first-order chi connectivity index (χ1) is 18.4. The maximum Gasteiger partial charge on any atom is 0.409 e. The highest BCUT2D eigenvalue weighted by atomic mass is 35.5. The van der Waals surface area contributed by atoms with Crippen molar-refractivity contribution in [3.8, 4) is 17.3 Å². The van der Waals surface area contributed by atoms with E-state index in [0.29, 0.717) is 60.2 Å². The van der Waals surface area contributed by atoms with Crippen LogP contribution in [0.25, 0.3) is 32.9 Å². The van der Waals surface area contributed by atoms with Crippen molar-refractivity contribution in [2.24, 2.45) is 0 Å². The average Bonchev–Trinajstić information content (AvgIpc) is 2.94. The highest BCUT2D eigenvalue weighted by Crippen LogP contribution is 2.38. The van der Waals surface area contributed by atoms with E-state index in [1.165, 1.54) is 18.5 Å². The molecule has 1 fully saturated rings. The molecule has 0 radical (unpaired) electrons. The smallest absolute Gasteiger partial charge is 0.409 e. The number of carbonyl (C=O) groups is 1. The number of piperazine rings is 1. The summed E-state index contributed by atoms with van der Waals surface area (Å²) in [6.45, 7) is 4.05. The maximum atomic E-state index is 16.0. The lowest BCUT2D eigenvalue weighted by Gasteiger charge is -2.36. The van der Waals surface area contributed by atoms with E-state index in [1.54, 1.807) is 29.2 Å². The first kappa shape index (κ1) is 25.6. The van der Waals surface area contributed by atoms with Crippen LogP contribution in [-0.2, 0) is 4.74 Å². The minimum Gasteiger partial charge on any atom is -0.449 e. The molecule has 0 atom stereocenters. The predicted molar refractivity (Wildman–Crippen MR) is 142 cm³/mol. The van der Waals surface area contributed by atoms with Gasteiger partial charge < -0.3 is 14.5 Å². The van der Waals surface area contributed by atoms with E-state index in [1.807, 2.05) is 11.8 Å². The summed E-state index contributed by atoms with van der Waals surface area (Å²) >= 11 is 6.27. The number of ether oxygens (including phenoxy) is 1. The van der Waals surface area contributed by atoms with Crippen molar-refractivity contribution in [2.75, 3.05) is 37.7 Å². The van der Waals surface area contributed by atoms with Gasteiger partial charge in [-0.2, -0.15) is 5.26 Å². The van der Waals surface area contributed by atoms with Gasteiger partial charge in [0.2, 0.25) is 0 Å². The van der Waals surface area contributed by atoms with Crippen LogP contribution in [0.2, 0.25) is 5.02 Å². The molecule has 38 heavy (non-hydrogen) atoms. The van der Waals surface area contributed by atoms with E-state index in [-0.39, 0.29) is 27.9 Å². The molecule has 1 aliphatic rings. The molecule has 0 unspecified atom stereocenters. The van der Waals surface area contributed by atoms with Gasteiger partial charge in [0.1, 0.15) is 23.1 Å². The molecule has 4 aromatic rings. The quantitative estimate of drug-likeness (QED) is 0.278. The van der Waals surface area contributed by atoms with E-state index >= 15 is 4.39 Å². The van der Waals surface area contributed by atoms with Gasteiger partial charge >= 0.3 is 6.09 Å². The first-order valence-corrected chi connectivity index (χ1v) is 12.7. The van der Waals surface area contributed by atoms with Gasteiger partial charge in [0.15, 0.2) is 5.82 Å². The second kappa shape index (κ2) is 10.8. The first-order valence-electron chi connectivity index (χ1n) is 12.4. The van der Waals surface area contributed by atoms with Crippen molar-refractivity contribution >= 4 is 45.1 Å². The third kappa shape index (κ3) is 4.56. The topological polar surface area (TPSA) is 82.4 Å². The van der Waals surface area contributed by atoms with E-state index in [0.717, 1.165) is 12.8 Å². The Hall–Kier alpha value is -4.03. The molecule has 5 rings (SSSR count). The highest BCUT2D eigenvalue weighted by Gasteiger charge is 2.27. The van der Waals surface area contributed by atoms with Gasteiger partial charge in [-0.05, 0) is 17.9 Å². The Balaban J connectivity index is 1.52. The van der Waals surface area contributed by atoms with Crippen LogP contribution >= 0.6 is 11.6 Å². The van der Waals surface area contributed by atoms with Crippen LogP contribution in [0.3, 0.4) is 0 Å². The van der Waals surface area contributed by atoms with Crippen LogP contribution in [0, 0.1) is 23.0 Å². The zero-order valence-corrected chi connectivity index (χ0v) is 21.4. The number of pyridine rings is 2. The van der Waals surface area contributed by atoms with Crippen molar-refractivity contribution in [1.29, 1.82) is 5.26 Å². The molecule has 3 heterocycles. The zero-order valence-electron chi connectivity index (χ0n) is 20.7. The number of hydrogen-bond acceptors (Lipinski definition) is 6. The standard InChI is InChI=1S/C28H24ClF2N5O2/c1-2-3-13-38-28(37)36-11-9-35(10-12-36)27-18(14-32)15-33-26-20(27)16-34-25(24(26)31)19-6-4-5-17-7-8-21(30)23(29)22(17)19/h4-8,15-16H,2-3,9-13H2,1H3. The van der Waals surface area contributed by atoms with E-state index < -0.39 is 11.6 Å². The third-order valence-corrected chi connectivity index (χ3v) is 7.08. The number of nitrogens with zero attached hydrogens (tertiary/aromatic N) is 5. The van der Waals surface area contributed by atoms with Crippen LogP contribution < -0.4 is 4.90 Å². The monoisotopic (exact) mass is 535 g/mol. The molecule has 2 aromatic heterocycles. The number of amides is 1. The fraction of sp³-hybridized carbons (Fsp3) is 0.286.